The van der Waals surface area contributed by atoms with E-state index in [9.17, 15) is 4.79 Å². The molecule has 116 valence electrons. The molecule has 1 atom stereocenters. The molecule has 22 heavy (non-hydrogen) atoms. The molecule has 3 nitrogen and oxygen atoms in total. The van der Waals surface area contributed by atoms with Crippen molar-refractivity contribution in [3.8, 4) is 0 Å². The highest BCUT2D eigenvalue weighted by Gasteiger charge is 2.19. The maximum absolute atomic E-state index is 11.8. The first-order valence-corrected chi connectivity index (χ1v) is 8.13. The van der Waals surface area contributed by atoms with E-state index in [1.807, 2.05) is 19.3 Å². The topological polar surface area (TPSA) is 25.2 Å². The van der Waals surface area contributed by atoms with Gasteiger partial charge in [0.25, 0.3) is 5.56 Å². The molecule has 0 spiro atoms. The van der Waals surface area contributed by atoms with Crippen molar-refractivity contribution in [2.45, 2.75) is 38.5 Å². The molecule has 0 aliphatic heterocycles. The third kappa shape index (κ3) is 2.68. The largest absolute Gasteiger partial charge is 0.344 e. The van der Waals surface area contributed by atoms with E-state index >= 15 is 0 Å². The molecule has 1 heterocycles. The highest BCUT2D eigenvalue weighted by molar-refractivity contribution is 5.63. The van der Waals surface area contributed by atoms with Crippen LogP contribution < -0.4 is 10.5 Å². The van der Waals surface area contributed by atoms with Gasteiger partial charge in [-0.1, -0.05) is 13.0 Å². The molecule has 3 heteroatoms. The molecule has 1 aromatic heterocycles. The molecule has 0 unspecified atom stereocenters. The number of fused-ring (bicyclic) bond motifs is 1. The lowest BCUT2D eigenvalue weighted by molar-refractivity contribution is 0.540. The van der Waals surface area contributed by atoms with Gasteiger partial charge in [0, 0.05) is 37.7 Å². The summed E-state index contributed by atoms with van der Waals surface area (Å²) in [6.45, 7) is 2.28. The summed E-state index contributed by atoms with van der Waals surface area (Å²) >= 11 is 0. The van der Waals surface area contributed by atoms with E-state index in [2.05, 4.69) is 30.0 Å². The van der Waals surface area contributed by atoms with E-state index in [-0.39, 0.29) is 5.56 Å². The minimum Gasteiger partial charge on any atom is -0.344 e. The third-order valence-electron chi connectivity index (χ3n) is 4.92. The molecular weight excluding hydrogens is 272 g/mol. The summed E-state index contributed by atoms with van der Waals surface area (Å²) < 4.78 is 1.59. The summed E-state index contributed by atoms with van der Waals surface area (Å²) in [5.41, 5.74) is 5.11. The van der Waals surface area contributed by atoms with Crippen LogP contribution in [0.4, 0.5) is 11.4 Å². The average Bonchev–Trinajstić information content (AvgIpc) is 2.55. The Morgan fingerprint density at radius 3 is 2.73 bits per heavy atom. The van der Waals surface area contributed by atoms with Crippen molar-refractivity contribution < 1.29 is 0 Å². The number of aryl methyl sites for hydroxylation is 2. The zero-order chi connectivity index (χ0) is 15.7. The number of rotatable bonds is 3. The zero-order valence-electron chi connectivity index (χ0n) is 13.7. The molecule has 0 saturated carbocycles. The van der Waals surface area contributed by atoms with E-state index < -0.39 is 0 Å². The van der Waals surface area contributed by atoms with Crippen LogP contribution in [-0.4, -0.2) is 11.6 Å². The number of nitrogens with zero attached hydrogens (tertiary/aromatic N) is 2. The molecule has 1 aromatic carbocycles. The van der Waals surface area contributed by atoms with E-state index in [0.717, 1.165) is 11.4 Å². The van der Waals surface area contributed by atoms with Crippen molar-refractivity contribution in [2.24, 2.45) is 7.05 Å². The minimum absolute atomic E-state index is 0.0216. The molecular formula is C19H24N2O. The van der Waals surface area contributed by atoms with E-state index in [1.165, 1.54) is 36.8 Å². The number of hydrogen-bond acceptors (Lipinski definition) is 2. The van der Waals surface area contributed by atoms with Gasteiger partial charge in [0.05, 0.1) is 0 Å². The van der Waals surface area contributed by atoms with Crippen LogP contribution in [0.2, 0.25) is 0 Å². The summed E-state index contributed by atoms with van der Waals surface area (Å²) in [7, 11) is 3.80. The Labute approximate surface area is 132 Å². The lowest BCUT2D eigenvalue weighted by Crippen LogP contribution is -2.19. The Morgan fingerprint density at radius 1 is 1.23 bits per heavy atom. The fraction of sp³-hybridized carbons (Fsp3) is 0.421. The standard InChI is InChI=1S/C19H24N2O/c1-4-14-6-5-7-15-12-16(8-9-18(14)15)21(3)17-10-11-20(2)19(22)13-17/h8-14H,4-7H2,1-3H3/t14-/m1/s1. The SMILES string of the molecule is CC[C@@H]1CCCc2cc(N(C)c3ccn(C)c(=O)c3)ccc21. The maximum atomic E-state index is 11.8. The second-order valence-electron chi connectivity index (χ2n) is 6.27. The van der Waals surface area contributed by atoms with E-state index in [4.69, 9.17) is 0 Å². The van der Waals surface area contributed by atoms with Crippen molar-refractivity contribution in [3.05, 3.63) is 58.0 Å². The number of benzene rings is 1. The van der Waals surface area contributed by atoms with Gasteiger partial charge in [-0.15, -0.1) is 0 Å². The lowest BCUT2D eigenvalue weighted by Gasteiger charge is -2.27. The molecule has 3 rings (SSSR count). The smallest absolute Gasteiger partial charge is 0.252 e. The predicted molar refractivity (Wildman–Crippen MR) is 92.2 cm³/mol. The number of hydrogen-bond donors (Lipinski definition) is 0. The van der Waals surface area contributed by atoms with E-state index in [1.54, 1.807) is 17.7 Å². The first-order valence-electron chi connectivity index (χ1n) is 8.13. The predicted octanol–water partition coefficient (Wildman–Crippen LogP) is 3.98. The molecule has 0 fully saturated rings. The van der Waals surface area contributed by atoms with Crippen molar-refractivity contribution >= 4 is 11.4 Å². The summed E-state index contributed by atoms with van der Waals surface area (Å²) in [4.78, 5) is 13.9. The maximum Gasteiger partial charge on any atom is 0.252 e. The molecule has 0 N–H and O–H groups in total. The summed E-state index contributed by atoms with van der Waals surface area (Å²) in [5, 5.41) is 0. The highest BCUT2D eigenvalue weighted by Crippen LogP contribution is 2.36. The molecule has 0 amide bonds. The van der Waals surface area contributed by atoms with Gasteiger partial charge in [-0.25, -0.2) is 0 Å². The molecule has 1 aliphatic rings. The molecule has 0 saturated heterocycles. The Morgan fingerprint density at radius 2 is 2.00 bits per heavy atom. The average molecular weight is 296 g/mol. The molecule has 1 aliphatic carbocycles. The molecule has 0 bridgehead atoms. The summed E-state index contributed by atoms with van der Waals surface area (Å²) in [6, 6.07) is 10.4. The van der Waals surface area contributed by atoms with Crippen LogP contribution in [0.15, 0.2) is 41.3 Å². The van der Waals surface area contributed by atoms with Gasteiger partial charge in [0.15, 0.2) is 0 Å². The number of pyridine rings is 1. The quantitative estimate of drug-likeness (QED) is 0.856. The van der Waals surface area contributed by atoms with E-state index in [0.29, 0.717) is 5.92 Å². The van der Waals surface area contributed by atoms with Gasteiger partial charge < -0.3 is 9.47 Å². The van der Waals surface area contributed by atoms with Crippen LogP contribution in [0.25, 0.3) is 0 Å². The third-order valence-corrected chi connectivity index (χ3v) is 4.92. The first kappa shape index (κ1) is 14.9. The Balaban J connectivity index is 1.95. The van der Waals surface area contributed by atoms with Crippen molar-refractivity contribution in [2.75, 3.05) is 11.9 Å². The van der Waals surface area contributed by atoms with Crippen LogP contribution in [0, 0.1) is 0 Å². The van der Waals surface area contributed by atoms with Gasteiger partial charge in [-0.05, 0) is 60.9 Å². The van der Waals surface area contributed by atoms with Gasteiger partial charge in [-0.2, -0.15) is 0 Å². The highest BCUT2D eigenvalue weighted by atomic mass is 16.1. The second kappa shape index (κ2) is 5.99. The van der Waals surface area contributed by atoms with Gasteiger partial charge in [-0.3, -0.25) is 4.79 Å². The summed E-state index contributed by atoms with van der Waals surface area (Å²) in [5.74, 6) is 0.715. The Kier molecular flexibility index (Phi) is 4.06. The lowest BCUT2D eigenvalue weighted by atomic mass is 9.81. The van der Waals surface area contributed by atoms with Gasteiger partial charge in [0.1, 0.15) is 0 Å². The Hall–Kier alpha value is -2.03. The number of anilines is 2. The van der Waals surface area contributed by atoms with Crippen LogP contribution in [0.3, 0.4) is 0 Å². The van der Waals surface area contributed by atoms with Gasteiger partial charge >= 0.3 is 0 Å². The van der Waals surface area contributed by atoms with Crippen LogP contribution in [-0.2, 0) is 13.5 Å². The van der Waals surface area contributed by atoms with Crippen LogP contribution in [0.5, 0.6) is 0 Å². The zero-order valence-corrected chi connectivity index (χ0v) is 13.7. The van der Waals surface area contributed by atoms with Crippen molar-refractivity contribution in [3.63, 3.8) is 0 Å². The summed E-state index contributed by atoms with van der Waals surface area (Å²) in [6.07, 6.45) is 6.80. The Bertz CT molecular complexity index is 732. The normalized spacial score (nSPS) is 17.1. The molecule has 2 aromatic rings. The van der Waals surface area contributed by atoms with Crippen molar-refractivity contribution in [1.82, 2.24) is 4.57 Å². The van der Waals surface area contributed by atoms with Gasteiger partial charge in [0.2, 0.25) is 0 Å². The van der Waals surface area contributed by atoms with Crippen LogP contribution in [0.1, 0.15) is 43.2 Å². The molecule has 0 radical (unpaired) electrons. The fourth-order valence-electron chi connectivity index (χ4n) is 3.43. The second-order valence-corrected chi connectivity index (χ2v) is 6.27. The van der Waals surface area contributed by atoms with Crippen LogP contribution >= 0.6 is 0 Å². The number of aromatic nitrogens is 1. The fourth-order valence-corrected chi connectivity index (χ4v) is 3.43. The van der Waals surface area contributed by atoms with Crippen molar-refractivity contribution in [1.29, 1.82) is 0 Å². The minimum atomic E-state index is 0.0216. The first-order chi connectivity index (χ1) is 10.6. The monoisotopic (exact) mass is 296 g/mol.